The van der Waals surface area contributed by atoms with Gasteiger partial charge in [-0.25, -0.2) is 0 Å². The van der Waals surface area contributed by atoms with Crippen LogP contribution in [0.1, 0.15) is 11.1 Å². The van der Waals surface area contributed by atoms with Crippen molar-refractivity contribution >= 4 is 5.69 Å². The second-order valence-electron chi connectivity index (χ2n) is 5.10. The molecule has 0 saturated carbocycles. The maximum Gasteiger partial charge on any atom is 0.416 e. The fourth-order valence-corrected chi connectivity index (χ4v) is 3.03. The molecule has 0 spiro atoms. The predicted octanol–water partition coefficient (Wildman–Crippen LogP) is 1.40. The molecule has 1 aromatic rings. The van der Waals surface area contributed by atoms with Crippen LogP contribution in [0.25, 0.3) is 0 Å². The van der Waals surface area contributed by atoms with Gasteiger partial charge in [0.15, 0.2) is 0 Å². The van der Waals surface area contributed by atoms with Gasteiger partial charge in [0.1, 0.15) is 0 Å². The van der Waals surface area contributed by atoms with Crippen LogP contribution in [-0.2, 0) is 12.6 Å². The lowest BCUT2D eigenvalue weighted by molar-refractivity contribution is -0.137. The summed E-state index contributed by atoms with van der Waals surface area (Å²) in [7, 11) is 0. The normalized spacial score (nSPS) is 26.2. The van der Waals surface area contributed by atoms with Gasteiger partial charge in [0.25, 0.3) is 0 Å². The summed E-state index contributed by atoms with van der Waals surface area (Å²) in [5.41, 5.74) is 0.933. The minimum atomic E-state index is -4.32. The van der Waals surface area contributed by atoms with Crippen molar-refractivity contribution in [3.8, 4) is 0 Å². The van der Waals surface area contributed by atoms with Crippen LogP contribution in [0.4, 0.5) is 18.9 Å². The van der Waals surface area contributed by atoms with E-state index in [2.05, 4.69) is 5.32 Å². The molecule has 19 heavy (non-hydrogen) atoms. The summed E-state index contributed by atoms with van der Waals surface area (Å²) in [4.78, 5) is 1.95. The minimum absolute atomic E-state index is 0.0564. The summed E-state index contributed by atoms with van der Waals surface area (Å²) in [6.07, 6.45) is -3.59. The summed E-state index contributed by atoms with van der Waals surface area (Å²) in [6.45, 7) is 1.29. The Morgan fingerprint density at radius 2 is 2.11 bits per heavy atom. The molecule has 6 heteroatoms. The minimum Gasteiger partial charge on any atom is -0.394 e. The van der Waals surface area contributed by atoms with Crippen LogP contribution in [0.5, 0.6) is 0 Å². The molecule has 1 fully saturated rings. The van der Waals surface area contributed by atoms with Gasteiger partial charge in [-0.05, 0) is 24.1 Å². The van der Waals surface area contributed by atoms with Crippen molar-refractivity contribution in [1.82, 2.24) is 5.32 Å². The van der Waals surface area contributed by atoms with E-state index < -0.39 is 11.7 Å². The van der Waals surface area contributed by atoms with Crippen molar-refractivity contribution in [2.75, 3.05) is 24.6 Å². The van der Waals surface area contributed by atoms with E-state index in [4.69, 9.17) is 0 Å². The highest BCUT2D eigenvalue weighted by Crippen LogP contribution is 2.39. The summed E-state index contributed by atoms with van der Waals surface area (Å²) in [6, 6.07) is 3.90. The number of piperazine rings is 1. The van der Waals surface area contributed by atoms with Crippen molar-refractivity contribution in [2.24, 2.45) is 0 Å². The van der Waals surface area contributed by atoms with Gasteiger partial charge in [0.05, 0.1) is 18.2 Å². The number of hydrogen-bond donors (Lipinski definition) is 2. The van der Waals surface area contributed by atoms with Crippen molar-refractivity contribution in [1.29, 1.82) is 0 Å². The molecule has 2 aliphatic heterocycles. The zero-order valence-electron chi connectivity index (χ0n) is 10.2. The van der Waals surface area contributed by atoms with Gasteiger partial charge < -0.3 is 15.3 Å². The third-order valence-corrected chi connectivity index (χ3v) is 3.90. The first-order valence-corrected chi connectivity index (χ1v) is 6.30. The number of rotatable bonds is 1. The Balaban J connectivity index is 2.01. The number of nitrogens with zero attached hydrogens (tertiary/aromatic N) is 1. The molecule has 0 amide bonds. The van der Waals surface area contributed by atoms with E-state index >= 15 is 0 Å². The first-order valence-electron chi connectivity index (χ1n) is 6.30. The lowest BCUT2D eigenvalue weighted by Crippen LogP contribution is -2.57. The standard InChI is InChI=1S/C13H15F3N2O/c14-13(15,16)9-2-1-8-3-10-5-17-6-11(7-19)18(10)12(8)4-9/h1-2,4,10-11,17,19H,3,5-7H2/t10-,11?/m1/s1. The molecule has 0 bridgehead atoms. The molecule has 1 saturated heterocycles. The van der Waals surface area contributed by atoms with Gasteiger partial charge in [0.2, 0.25) is 0 Å². The largest absolute Gasteiger partial charge is 0.416 e. The Kier molecular flexibility index (Phi) is 2.94. The fraction of sp³-hybridized carbons (Fsp3) is 0.538. The average molecular weight is 272 g/mol. The first-order chi connectivity index (χ1) is 9.00. The van der Waals surface area contributed by atoms with E-state index in [1.54, 1.807) is 6.07 Å². The van der Waals surface area contributed by atoms with E-state index in [1.807, 2.05) is 4.90 Å². The zero-order valence-corrected chi connectivity index (χ0v) is 10.2. The van der Waals surface area contributed by atoms with Crippen LogP contribution in [0.3, 0.4) is 0 Å². The third kappa shape index (κ3) is 2.08. The topological polar surface area (TPSA) is 35.5 Å². The van der Waals surface area contributed by atoms with Crippen molar-refractivity contribution in [2.45, 2.75) is 24.7 Å². The molecule has 104 valence electrons. The van der Waals surface area contributed by atoms with Crippen molar-refractivity contribution in [3.63, 3.8) is 0 Å². The third-order valence-electron chi connectivity index (χ3n) is 3.90. The van der Waals surface area contributed by atoms with Crippen molar-refractivity contribution < 1.29 is 18.3 Å². The highest BCUT2D eigenvalue weighted by molar-refractivity contribution is 5.62. The van der Waals surface area contributed by atoms with Gasteiger partial charge in [-0.1, -0.05) is 6.07 Å². The number of aliphatic hydroxyl groups is 1. The Morgan fingerprint density at radius 3 is 2.79 bits per heavy atom. The first kappa shape index (κ1) is 12.7. The Labute approximate surface area is 109 Å². The summed E-state index contributed by atoms with van der Waals surface area (Å²) < 4.78 is 38.3. The van der Waals surface area contributed by atoms with E-state index in [0.29, 0.717) is 12.2 Å². The van der Waals surface area contributed by atoms with Gasteiger partial charge >= 0.3 is 6.18 Å². The summed E-state index contributed by atoms with van der Waals surface area (Å²) in [5, 5.41) is 12.6. The molecular weight excluding hydrogens is 257 g/mol. The highest BCUT2D eigenvalue weighted by Gasteiger charge is 2.39. The van der Waals surface area contributed by atoms with Gasteiger partial charge in [-0.2, -0.15) is 13.2 Å². The van der Waals surface area contributed by atoms with Gasteiger partial charge in [-0.3, -0.25) is 0 Å². The number of benzene rings is 1. The summed E-state index contributed by atoms with van der Waals surface area (Å²) in [5.74, 6) is 0. The molecule has 0 radical (unpaired) electrons. The molecule has 3 nitrogen and oxygen atoms in total. The Bertz CT molecular complexity index is 483. The zero-order chi connectivity index (χ0) is 13.6. The van der Waals surface area contributed by atoms with E-state index in [0.717, 1.165) is 24.6 Å². The average Bonchev–Trinajstić information content (AvgIpc) is 2.75. The second kappa shape index (κ2) is 4.38. The van der Waals surface area contributed by atoms with E-state index in [-0.39, 0.29) is 18.7 Å². The van der Waals surface area contributed by atoms with E-state index in [9.17, 15) is 18.3 Å². The molecule has 0 aliphatic carbocycles. The number of nitrogens with one attached hydrogen (secondary N) is 1. The lowest BCUT2D eigenvalue weighted by Gasteiger charge is -2.39. The predicted molar refractivity (Wildman–Crippen MR) is 65.2 cm³/mol. The highest BCUT2D eigenvalue weighted by atomic mass is 19.4. The molecule has 3 rings (SSSR count). The molecule has 0 aromatic heterocycles. The lowest BCUT2D eigenvalue weighted by atomic mass is 10.1. The van der Waals surface area contributed by atoms with Crippen molar-refractivity contribution in [3.05, 3.63) is 29.3 Å². The molecule has 1 aromatic carbocycles. The van der Waals surface area contributed by atoms with Crippen LogP contribution < -0.4 is 10.2 Å². The number of hydrogen-bond acceptors (Lipinski definition) is 3. The maximum absolute atomic E-state index is 12.8. The second-order valence-corrected chi connectivity index (χ2v) is 5.10. The van der Waals surface area contributed by atoms with Gasteiger partial charge in [-0.15, -0.1) is 0 Å². The molecule has 2 heterocycles. The Hall–Kier alpha value is -1.27. The Morgan fingerprint density at radius 1 is 1.32 bits per heavy atom. The maximum atomic E-state index is 12.8. The van der Waals surface area contributed by atoms with Crippen LogP contribution in [0, 0.1) is 0 Å². The number of aliphatic hydroxyl groups excluding tert-OH is 1. The smallest absolute Gasteiger partial charge is 0.394 e. The van der Waals surface area contributed by atoms with Crippen LogP contribution >= 0.6 is 0 Å². The molecule has 1 unspecified atom stereocenters. The molecule has 2 atom stereocenters. The van der Waals surface area contributed by atoms with Crippen LogP contribution in [0.2, 0.25) is 0 Å². The van der Waals surface area contributed by atoms with Crippen LogP contribution in [-0.4, -0.2) is 36.9 Å². The van der Waals surface area contributed by atoms with Gasteiger partial charge in [0, 0.05) is 24.8 Å². The SMILES string of the molecule is OCC1CNC[C@H]2Cc3ccc(C(F)(F)F)cc3N12. The number of alkyl halides is 3. The molecule has 2 aliphatic rings. The fourth-order valence-electron chi connectivity index (χ4n) is 3.03. The van der Waals surface area contributed by atoms with Crippen LogP contribution in [0.15, 0.2) is 18.2 Å². The number of halogens is 3. The quantitative estimate of drug-likeness (QED) is 0.811. The molecule has 2 N–H and O–H groups in total. The number of fused-ring (bicyclic) bond motifs is 3. The number of anilines is 1. The van der Waals surface area contributed by atoms with E-state index in [1.165, 1.54) is 6.07 Å². The monoisotopic (exact) mass is 272 g/mol. The summed E-state index contributed by atoms with van der Waals surface area (Å²) >= 11 is 0. The molecular formula is C13H15F3N2O.